The highest BCUT2D eigenvalue weighted by molar-refractivity contribution is 4.86. The molecule has 1 aliphatic carbocycles. The molecule has 0 unspecified atom stereocenters. The third kappa shape index (κ3) is 3.25. The van der Waals surface area contributed by atoms with Crippen LogP contribution in [0.4, 0.5) is 0 Å². The van der Waals surface area contributed by atoms with Crippen molar-refractivity contribution in [3.63, 3.8) is 0 Å². The monoisotopic (exact) mass is 252 g/mol. The van der Waals surface area contributed by atoms with E-state index in [1.165, 1.54) is 58.3 Å². The van der Waals surface area contributed by atoms with Crippen molar-refractivity contribution in [1.29, 1.82) is 0 Å². The standard InChI is InChI=1S/C15H28N2O/c1-2-5-15-13-17(12-14(15)4-1)7-3-6-16-8-10-18-11-9-16/h14-15H,1-13H2/t14-,15+. The Labute approximate surface area is 111 Å². The first-order valence-corrected chi connectivity index (χ1v) is 7.94. The lowest BCUT2D eigenvalue weighted by molar-refractivity contribution is 0.0363. The van der Waals surface area contributed by atoms with Crippen LogP contribution in [0.2, 0.25) is 0 Å². The van der Waals surface area contributed by atoms with Gasteiger partial charge in [-0.05, 0) is 44.2 Å². The highest BCUT2D eigenvalue weighted by Gasteiger charge is 2.33. The van der Waals surface area contributed by atoms with Crippen molar-refractivity contribution < 1.29 is 4.74 Å². The molecule has 3 fully saturated rings. The van der Waals surface area contributed by atoms with E-state index in [9.17, 15) is 0 Å². The van der Waals surface area contributed by atoms with Gasteiger partial charge in [0.15, 0.2) is 0 Å². The molecule has 3 aliphatic rings. The minimum absolute atomic E-state index is 0.938. The van der Waals surface area contributed by atoms with Gasteiger partial charge in [0.1, 0.15) is 0 Å². The van der Waals surface area contributed by atoms with E-state index in [4.69, 9.17) is 4.74 Å². The van der Waals surface area contributed by atoms with Gasteiger partial charge in [-0.1, -0.05) is 12.8 Å². The van der Waals surface area contributed by atoms with Crippen molar-refractivity contribution >= 4 is 0 Å². The fourth-order valence-electron chi connectivity index (χ4n) is 4.03. The van der Waals surface area contributed by atoms with Crippen molar-refractivity contribution in [3.8, 4) is 0 Å². The van der Waals surface area contributed by atoms with Crippen LogP contribution < -0.4 is 0 Å². The van der Waals surface area contributed by atoms with Crippen molar-refractivity contribution in [2.45, 2.75) is 32.1 Å². The Morgan fingerprint density at radius 3 is 2.11 bits per heavy atom. The molecule has 3 rings (SSSR count). The minimum atomic E-state index is 0.938. The molecule has 0 amide bonds. The van der Waals surface area contributed by atoms with Gasteiger partial charge in [-0.15, -0.1) is 0 Å². The lowest BCUT2D eigenvalue weighted by Gasteiger charge is -2.27. The van der Waals surface area contributed by atoms with E-state index in [1.54, 1.807) is 0 Å². The maximum Gasteiger partial charge on any atom is 0.0594 e. The topological polar surface area (TPSA) is 15.7 Å². The van der Waals surface area contributed by atoms with Crippen LogP contribution in [0.25, 0.3) is 0 Å². The zero-order valence-corrected chi connectivity index (χ0v) is 11.6. The molecule has 0 aromatic carbocycles. The summed E-state index contributed by atoms with van der Waals surface area (Å²) in [5.41, 5.74) is 0. The van der Waals surface area contributed by atoms with Gasteiger partial charge in [0.25, 0.3) is 0 Å². The molecule has 0 bridgehead atoms. The second kappa shape index (κ2) is 6.36. The van der Waals surface area contributed by atoms with E-state index < -0.39 is 0 Å². The van der Waals surface area contributed by atoms with Crippen LogP contribution in [-0.2, 0) is 4.74 Å². The Bertz CT molecular complexity index is 239. The molecule has 2 saturated heterocycles. The fourth-order valence-corrected chi connectivity index (χ4v) is 4.03. The summed E-state index contributed by atoms with van der Waals surface area (Å²) in [6, 6.07) is 0. The molecule has 104 valence electrons. The highest BCUT2D eigenvalue weighted by Crippen LogP contribution is 2.35. The smallest absolute Gasteiger partial charge is 0.0594 e. The second-order valence-corrected chi connectivity index (χ2v) is 6.37. The van der Waals surface area contributed by atoms with Crippen molar-refractivity contribution in [2.24, 2.45) is 11.8 Å². The molecular weight excluding hydrogens is 224 g/mol. The zero-order valence-electron chi connectivity index (χ0n) is 11.6. The van der Waals surface area contributed by atoms with Crippen LogP contribution in [0.5, 0.6) is 0 Å². The molecular formula is C15H28N2O. The van der Waals surface area contributed by atoms with Crippen molar-refractivity contribution in [2.75, 3.05) is 52.5 Å². The summed E-state index contributed by atoms with van der Waals surface area (Å²) >= 11 is 0. The normalized spacial score (nSPS) is 34.7. The third-order valence-corrected chi connectivity index (χ3v) is 5.10. The molecule has 3 heteroatoms. The summed E-state index contributed by atoms with van der Waals surface area (Å²) < 4.78 is 5.39. The summed E-state index contributed by atoms with van der Waals surface area (Å²) in [4.78, 5) is 5.30. The average molecular weight is 252 g/mol. The molecule has 0 radical (unpaired) electrons. The maximum absolute atomic E-state index is 5.39. The Morgan fingerprint density at radius 2 is 1.44 bits per heavy atom. The summed E-state index contributed by atoms with van der Waals surface area (Å²) in [5.74, 6) is 2.09. The van der Waals surface area contributed by atoms with E-state index in [0.29, 0.717) is 0 Å². The Kier molecular flexibility index (Phi) is 4.55. The minimum Gasteiger partial charge on any atom is -0.379 e. The third-order valence-electron chi connectivity index (χ3n) is 5.10. The van der Waals surface area contributed by atoms with E-state index >= 15 is 0 Å². The molecule has 3 nitrogen and oxygen atoms in total. The molecule has 2 heterocycles. The lowest BCUT2D eigenvalue weighted by Crippen LogP contribution is -2.38. The molecule has 0 spiro atoms. The maximum atomic E-state index is 5.39. The lowest BCUT2D eigenvalue weighted by atomic mass is 9.82. The number of ether oxygens (including phenoxy) is 1. The Morgan fingerprint density at radius 1 is 0.833 bits per heavy atom. The highest BCUT2D eigenvalue weighted by atomic mass is 16.5. The van der Waals surface area contributed by atoms with Gasteiger partial charge in [0.05, 0.1) is 13.2 Å². The Balaban J connectivity index is 1.34. The molecule has 2 atom stereocenters. The van der Waals surface area contributed by atoms with Crippen LogP contribution in [0.15, 0.2) is 0 Å². The van der Waals surface area contributed by atoms with Crippen LogP contribution in [-0.4, -0.2) is 62.3 Å². The van der Waals surface area contributed by atoms with Crippen LogP contribution in [0.1, 0.15) is 32.1 Å². The summed E-state index contributed by atoms with van der Waals surface area (Å²) in [6.07, 6.45) is 7.33. The summed E-state index contributed by atoms with van der Waals surface area (Å²) in [7, 11) is 0. The molecule has 0 aromatic rings. The first-order valence-electron chi connectivity index (χ1n) is 7.94. The van der Waals surface area contributed by atoms with Gasteiger partial charge in [0, 0.05) is 26.2 Å². The van der Waals surface area contributed by atoms with E-state index in [-0.39, 0.29) is 0 Å². The van der Waals surface area contributed by atoms with Gasteiger partial charge in [0.2, 0.25) is 0 Å². The average Bonchev–Trinajstić information content (AvgIpc) is 2.82. The van der Waals surface area contributed by atoms with Gasteiger partial charge < -0.3 is 9.64 Å². The number of rotatable bonds is 4. The number of nitrogens with zero attached hydrogens (tertiary/aromatic N) is 2. The number of morpholine rings is 1. The largest absolute Gasteiger partial charge is 0.379 e. The van der Waals surface area contributed by atoms with Crippen molar-refractivity contribution in [1.82, 2.24) is 9.80 Å². The number of fused-ring (bicyclic) bond motifs is 1. The molecule has 2 aliphatic heterocycles. The van der Waals surface area contributed by atoms with Gasteiger partial charge >= 0.3 is 0 Å². The van der Waals surface area contributed by atoms with Gasteiger partial charge in [-0.25, -0.2) is 0 Å². The summed E-state index contributed by atoms with van der Waals surface area (Å²) in [6.45, 7) is 9.55. The number of likely N-dealkylation sites (tertiary alicyclic amines) is 1. The second-order valence-electron chi connectivity index (χ2n) is 6.37. The molecule has 0 aromatic heterocycles. The van der Waals surface area contributed by atoms with Gasteiger partial charge in [-0.3, -0.25) is 4.90 Å². The number of hydrogen-bond acceptors (Lipinski definition) is 3. The van der Waals surface area contributed by atoms with E-state index in [0.717, 1.165) is 38.1 Å². The van der Waals surface area contributed by atoms with Crippen LogP contribution in [0, 0.1) is 11.8 Å². The predicted molar refractivity (Wildman–Crippen MR) is 73.8 cm³/mol. The molecule has 0 N–H and O–H groups in total. The van der Waals surface area contributed by atoms with E-state index in [1.807, 2.05) is 0 Å². The van der Waals surface area contributed by atoms with Crippen LogP contribution >= 0.6 is 0 Å². The molecule has 18 heavy (non-hydrogen) atoms. The van der Waals surface area contributed by atoms with Crippen molar-refractivity contribution in [3.05, 3.63) is 0 Å². The number of hydrogen-bond donors (Lipinski definition) is 0. The van der Waals surface area contributed by atoms with Crippen LogP contribution in [0.3, 0.4) is 0 Å². The summed E-state index contributed by atoms with van der Waals surface area (Å²) in [5, 5.41) is 0. The first kappa shape index (κ1) is 12.9. The fraction of sp³-hybridized carbons (Fsp3) is 1.00. The first-order chi connectivity index (χ1) is 8.92. The molecule has 1 saturated carbocycles. The zero-order chi connectivity index (χ0) is 12.2. The SMILES string of the molecule is C1CC[C@H]2CN(CCCN3CCOCC3)C[C@H]2C1. The van der Waals surface area contributed by atoms with Gasteiger partial charge in [-0.2, -0.15) is 0 Å². The Hall–Kier alpha value is -0.120. The predicted octanol–water partition coefficient (Wildman–Crippen LogP) is 1.83. The van der Waals surface area contributed by atoms with E-state index in [2.05, 4.69) is 9.80 Å². The quantitative estimate of drug-likeness (QED) is 0.759.